The topological polar surface area (TPSA) is 62.6 Å². The lowest BCUT2D eigenvalue weighted by atomic mass is 9.82. The molecule has 3 aliphatic rings. The molecule has 6 nitrogen and oxygen atoms in total. The average Bonchev–Trinajstić information content (AvgIpc) is 3.10. The summed E-state index contributed by atoms with van der Waals surface area (Å²) < 4.78 is 1.86. The van der Waals surface area contributed by atoms with Crippen LogP contribution in [0.5, 0.6) is 0 Å². The summed E-state index contributed by atoms with van der Waals surface area (Å²) in [6.45, 7) is 2.34. The van der Waals surface area contributed by atoms with E-state index < -0.39 is 0 Å². The largest absolute Gasteiger partial charge is 0.341 e. The molecular formula is C22H22ClN3O3. The number of rotatable bonds is 2. The van der Waals surface area contributed by atoms with Crippen LogP contribution in [0.4, 0.5) is 5.69 Å². The van der Waals surface area contributed by atoms with Crippen molar-refractivity contribution in [3.63, 3.8) is 0 Å². The highest BCUT2D eigenvalue weighted by atomic mass is 35.5. The van der Waals surface area contributed by atoms with Crippen LogP contribution < -0.4 is 10.5 Å². The van der Waals surface area contributed by atoms with Gasteiger partial charge in [-0.05, 0) is 42.7 Å². The highest BCUT2D eigenvalue weighted by Crippen LogP contribution is 2.36. The van der Waals surface area contributed by atoms with Crippen molar-refractivity contribution >= 4 is 29.1 Å². The molecule has 7 heteroatoms. The fraction of sp³-hybridized carbons (Fsp3) is 0.409. The number of aromatic nitrogens is 1. The molecule has 150 valence electrons. The van der Waals surface area contributed by atoms with Gasteiger partial charge in [0.2, 0.25) is 11.8 Å². The van der Waals surface area contributed by atoms with E-state index in [0.717, 1.165) is 17.8 Å². The standard InChI is InChI=1S/C22H22ClN3O3/c23-17-4-6-18(7-5-17)25-13-16(9-21(25)28)22(29)24-10-14-8-15(12-24)19-2-1-3-20(27)26(19)11-14/h1-7,14-16H,8-13H2/t14-,15+,16+/m0/s1. The summed E-state index contributed by atoms with van der Waals surface area (Å²) in [7, 11) is 0. The fourth-order valence-electron chi connectivity index (χ4n) is 5.08. The molecule has 2 saturated heterocycles. The number of hydrogen-bond acceptors (Lipinski definition) is 3. The molecule has 0 unspecified atom stereocenters. The normalized spacial score (nSPS) is 25.8. The van der Waals surface area contributed by atoms with Gasteiger partial charge in [0.1, 0.15) is 0 Å². The van der Waals surface area contributed by atoms with E-state index in [2.05, 4.69) is 0 Å². The van der Waals surface area contributed by atoms with E-state index in [1.807, 2.05) is 27.7 Å². The molecule has 3 aliphatic heterocycles. The van der Waals surface area contributed by atoms with Gasteiger partial charge in [-0.3, -0.25) is 14.4 Å². The number of pyridine rings is 1. The van der Waals surface area contributed by atoms with E-state index in [0.29, 0.717) is 31.2 Å². The second-order valence-electron chi connectivity index (χ2n) is 8.32. The fourth-order valence-corrected chi connectivity index (χ4v) is 5.20. The maximum absolute atomic E-state index is 13.2. The third-order valence-electron chi connectivity index (χ3n) is 6.40. The Morgan fingerprint density at radius 1 is 0.966 bits per heavy atom. The van der Waals surface area contributed by atoms with Crippen LogP contribution in [0.3, 0.4) is 0 Å². The Morgan fingerprint density at radius 3 is 2.55 bits per heavy atom. The molecule has 0 N–H and O–H groups in total. The second-order valence-corrected chi connectivity index (χ2v) is 8.76. The number of anilines is 1. The Bertz CT molecular complexity index is 1030. The summed E-state index contributed by atoms with van der Waals surface area (Å²) >= 11 is 5.94. The van der Waals surface area contributed by atoms with Crippen molar-refractivity contribution in [1.82, 2.24) is 9.47 Å². The molecule has 1 aromatic heterocycles. The quantitative estimate of drug-likeness (QED) is 0.762. The monoisotopic (exact) mass is 411 g/mol. The summed E-state index contributed by atoms with van der Waals surface area (Å²) in [6.07, 6.45) is 1.25. The van der Waals surface area contributed by atoms with Gasteiger partial charge in [-0.2, -0.15) is 0 Å². The Kier molecular flexibility index (Phi) is 4.46. The summed E-state index contributed by atoms with van der Waals surface area (Å²) in [6, 6.07) is 12.5. The molecule has 0 saturated carbocycles. The molecule has 3 atom stereocenters. The maximum Gasteiger partial charge on any atom is 0.250 e. The van der Waals surface area contributed by atoms with Gasteiger partial charge in [0.15, 0.2) is 0 Å². The first kappa shape index (κ1) is 18.4. The van der Waals surface area contributed by atoms with Gasteiger partial charge in [-0.15, -0.1) is 0 Å². The second kappa shape index (κ2) is 7.02. The van der Waals surface area contributed by atoms with E-state index in [-0.39, 0.29) is 41.5 Å². The van der Waals surface area contributed by atoms with Crippen LogP contribution in [0.25, 0.3) is 0 Å². The van der Waals surface area contributed by atoms with Gasteiger partial charge >= 0.3 is 0 Å². The summed E-state index contributed by atoms with van der Waals surface area (Å²) in [5, 5.41) is 0.618. The minimum absolute atomic E-state index is 0.0280. The number of hydrogen-bond donors (Lipinski definition) is 0. The van der Waals surface area contributed by atoms with Crippen LogP contribution in [0.1, 0.15) is 24.5 Å². The Morgan fingerprint density at radius 2 is 1.76 bits per heavy atom. The van der Waals surface area contributed by atoms with Crippen molar-refractivity contribution in [3.05, 3.63) is 63.5 Å². The van der Waals surface area contributed by atoms with Gasteiger partial charge in [0, 0.05) is 61.0 Å². The summed E-state index contributed by atoms with van der Waals surface area (Å²) in [5.74, 6) is 0.172. The smallest absolute Gasteiger partial charge is 0.250 e. The van der Waals surface area contributed by atoms with Crippen LogP contribution in [0, 0.1) is 11.8 Å². The number of halogens is 1. The number of fused-ring (bicyclic) bond motifs is 4. The number of amides is 2. The van der Waals surface area contributed by atoms with Gasteiger partial charge in [0.25, 0.3) is 5.56 Å². The minimum atomic E-state index is -0.324. The number of likely N-dealkylation sites (tertiary alicyclic amines) is 1. The molecule has 0 aliphatic carbocycles. The number of carbonyl (C=O) groups is 2. The molecule has 2 aromatic rings. The molecular weight excluding hydrogens is 390 g/mol. The van der Waals surface area contributed by atoms with E-state index in [1.54, 1.807) is 29.2 Å². The first-order valence-corrected chi connectivity index (χ1v) is 10.4. The van der Waals surface area contributed by atoms with E-state index in [4.69, 9.17) is 11.6 Å². The molecule has 4 heterocycles. The average molecular weight is 412 g/mol. The zero-order valence-electron chi connectivity index (χ0n) is 16.0. The van der Waals surface area contributed by atoms with Gasteiger partial charge in [-0.1, -0.05) is 17.7 Å². The lowest BCUT2D eigenvalue weighted by Gasteiger charge is -2.43. The molecule has 2 bridgehead atoms. The third-order valence-corrected chi connectivity index (χ3v) is 6.66. The van der Waals surface area contributed by atoms with E-state index >= 15 is 0 Å². The predicted molar refractivity (Wildman–Crippen MR) is 110 cm³/mol. The first-order valence-electron chi connectivity index (χ1n) is 10.0. The highest BCUT2D eigenvalue weighted by Gasteiger charge is 2.41. The molecule has 2 fully saturated rings. The lowest BCUT2D eigenvalue weighted by molar-refractivity contribution is -0.138. The molecule has 5 rings (SSSR count). The molecule has 0 spiro atoms. The number of benzene rings is 1. The maximum atomic E-state index is 13.2. The van der Waals surface area contributed by atoms with Crippen molar-refractivity contribution in [2.75, 3.05) is 24.5 Å². The van der Waals surface area contributed by atoms with Gasteiger partial charge in [-0.25, -0.2) is 0 Å². The first-order chi connectivity index (χ1) is 14.0. The van der Waals surface area contributed by atoms with Gasteiger partial charge < -0.3 is 14.4 Å². The van der Waals surface area contributed by atoms with Crippen molar-refractivity contribution in [3.8, 4) is 0 Å². The zero-order valence-corrected chi connectivity index (χ0v) is 16.7. The van der Waals surface area contributed by atoms with Crippen molar-refractivity contribution in [1.29, 1.82) is 0 Å². The Balaban J connectivity index is 1.32. The Hall–Kier alpha value is -2.60. The van der Waals surface area contributed by atoms with Crippen LogP contribution in [0.2, 0.25) is 5.02 Å². The number of piperidine rings is 1. The van der Waals surface area contributed by atoms with Crippen LogP contribution >= 0.6 is 11.6 Å². The number of nitrogens with zero attached hydrogens (tertiary/aromatic N) is 3. The van der Waals surface area contributed by atoms with Crippen molar-refractivity contribution in [2.45, 2.75) is 25.3 Å². The van der Waals surface area contributed by atoms with Crippen molar-refractivity contribution < 1.29 is 9.59 Å². The third kappa shape index (κ3) is 3.25. The van der Waals surface area contributed by atoms with Crippen LogP contribution in [0.15, 0.2) is 47.3 Å². The SMILES string of the molecule is O=C([C@@H]1CC(=O)N(c2ccc(Cl)cc2)C1)N1C[C@@H]2C[C@H](C1)c1cccc(=O)n1C2. The van der Waals surface area contributed by atoms with E-state index in [9.17, 15) is 14.4 Å². The predicted octanol–water partition coefficient (Wildman–Crippen LogP) is 2.50. The molecule has 29 heavy (non-hydrogen) atoms. The Labute approximate surface area is 173 Å². The summed E-state index contributed by atoms with van der Waals surface area (Å²) in [5.41, 5.74) is 1.84. The van der Waals surface area contributed by atoms with Gasteiger partial charge in [0.05, 0.1) is 5.92 Å². The van der Waals surface area contributed by atoms with E-state index in [1.165, 1.54) is 0 Å². The van der Waals surface area contributed by atoms with Crippen molar-refractivity contribution in [2.24, 2.45) is 11.8 Å². The lowest BCUT2D eigenvalue weighted by Crippen LogP contribution is -2.50. The minimum Gasteiger partial charge on any atom is -0.341 e. The van der Waals surface area contributed by atoms with Crippen LogP contribution in [-0.4, -0.2) is 40.9 Å². The highest BCUT2D eigenvalue weighted by molar-refractivity contribution is 6.30. The molecule has 0 radical (unpaired) electrons. The molecule has 1 aromatic carbocycles. The zero-order chi connectivity index (χ0) is 20.1. The summed E-state index contributed by atoms with van der Waals surface area (Å²) in [4.78, 5) is 41.6. The number of carbonyl (C=O) groups excluding carboxylic acids is 2. The van der Waals surface area contributed by atoms with Crippen LogP contribution in [-0.2, 0) is 16.1 Å². The molecule has 2 amide bonds.